The van der Waals surface area contributed by atoms with E-state index in [1.54, 1.807) is 25.1 Å². The lowest BCUT2D eigenvalue weighted by Crippen LogP contribution is -2.50. The maximum absolute atomic E-state index is 12.7. The van der Waals surface area contributed by atoms with Crippen molar-refractivity contribution < 1.29 is 15.0 Å². The molecule has 0 aliphatic carbocycles. The van der Waals surface area contributed by atoms with Crippen molar-refractivity contribution in [3.05, 3.63) is 29.3 Å². The second-order valence-electron chi connectivity index (χ2n) is 7.16. The molecule has 2 fully saturated rings. The molecule has 24 heavy (non-hydrogen) atoms. The van der Waals surface area contributed by atoms with Crippen molar-refractivity contribution in [3.63, 3.8) is 0 Å². The molecule has 0 aromatic heterocycles. The molecule has 0 radical (unpaired) electrons. The number of nitrogens with zero attached hydrogens (tertiary/aromatic N) is 2. The Kier molecular flexibility index (Phi) is 5.41. The predicted octanol–water partition coefficient (Wildman–Crippen LogP) is 2.01. The Balaban J connectivity index is 1.58. The monoisotopic (exact) mass is 332 g/mol. The van der Waals surface area contributed by atoms with Crippen LogP contribution in [0.2, 0.25) is 0 Å². The molecule has 2 aliphatic heterocycles. The number of carbonyl (C=O) groups is 1. The van der Waals surface area contributed by atoms with Crippen molar-refractivity contribution >= 4 is 5.91 Å². The van der Waals surface area contributed by atoms with E-state index in [1.165, 1.54) is 0 Å². The minimum atomic E-state index is 0.0220. The van der Waals surface area contributed by atoms with E-state index < -0.39 is 0 Å². The zero-order valence-corrected chi connectivity index (χ0v) is 14.4. The van der Waals surface area contributed by atoms with E-state index in [0.29, 0.717) is 23.1 Å². The topological polar surface area (TPSA) is 64.0 Å². The summed E-state index contributed by atoms with van der Waals surface area (Å²) in [6.07, 6.45) is 4.26. The third-order valence-electron chi connectivity index (χ3n) is 5.61. The van der Waals surface area contributed by atoms with Gasteiger partial charge in [-0.05, 0) is 57.2 Å². The van der Waals surface area contributed by atoms with Gasteiger partial charge in [0, 0.05) is 43.4 Å². The van der Waals surface area contributed by atoms with Gasteiger partial charge in [0.2, 0.25) is 0 Å². The highest BCUT2D eigenvalue weighted by atomic mass is 16.3. The number of likely N-dealkylation sites (tertiary alicyclic amines) is 2. The lowest BCUT2D eigenvalue weighted by molar-refractivity contribution is 0.0454. The fourth-order valence-electron chi connectivity index (χ4n) is 4.04. The van der Waals surface area contributed by atoms with E-state index in [0.717, 1.165) is 51.9 Å². The van der Waals surface area contributed by atoms with Crippen LogP contribution in [-0.4, -0.2) is 64.7 Å². The number of aromatic hydroxyl groups is 1. The van der Waals surface area contributed by atoms with Crippen molar-refractivity contribution in [2.24, 2.45) is 5.92 Å². The fourth-order valence-corrected chi connectivity index (χ4v) is 4.04. The quantitative estimate of drug-likeness (QED) is 0.889. The highest BCUT2D eigenvalue weighted by Gasteiger charge is 2.30. The second-order valence-corrected chi connectivity index (χ2v) is 7.16. The summed E-state index contributed by atoms with van der Waals surface area (Å²) in [4.78, 5) is 17.1. The Labute approximate surface area is 143 Å². The minimum absolute atomic E-state index is 0.0220. The van der Waals surface area contributed by atoms with Gasteiger partial charge < -0.3 is 15.1 Å². The molecule has 0 spiro atoms. The standard InChI is InChI=1S/C19H28N2O3/c1-14-17(5-2-6-18(14)23)19(24)20-10-7-16(8-11-20)21-9-3-4-15(12-21)13-22/h2,5-6,15-16,22-23H,3-4,7-13H2,1H3. The molecule has 0 bridgehead atoms. The van der Waals surface area contributed by atoms with Gasteiger partial charge in [0.1, 0.15) is 5.75 Å². The van der Waals surface area contributed by atoms with E-state index in [1.807, 2.05) is 4.90 Å². The van der Waals surface area contributed by atoms with Crippen LogP contribution < -0.4 is 0 Å². The molecule has 3 rings (SSSR count). The maximum Gasteiger partial charge on any atom is 0.254 e. The molecular formula is C19H28N2O3. The highest BCUT2D eigenvalue weighted by Crippen LogP contribution is 2.26. The van der Waals surface area contributed by atoms with Gasteiger partial charge >= 0.3 is 0 Å². The van der Waals surface area contributed by atoms with Gasteiger partial charge in [0.05, 0.1) is 0 Å². The number of benzene rings is 1. The van der Waals surface area contributed by atoms with Crippen molar-refractivity contribution in [1.82, 2.24) is 9.80 Å². The first kappa shape index (κ1) is 17.2. The lowest BCUT2D eigenvalue weighted by Gasteiger charge is -2.42. The highest BCUT2D eigenvalue weighted by molar-refractivity contribution is 5.96. The normalized spacial score (nSPS) is 23.4. The molecule has 0 saturated carbocycles. The van der Waals surface area contributed by atoms with E-state index in [-0.39, 0.29) is 18.3 Å². The van der Waals surface area contributed by atoms with E-state index >= 15 is 0 Å². The SMILES string of the molecule is Cc1c(O)cccc1C(=O)N1CCC(N2CCCC(CO)C2)CC1. The Morgan fingerprint density at radius 1 is 1.21 bits per heavy atom. The molecule has 2 heterocycles. The molecule has 1 aromatic rings. The van der Waals surface area contributed by atoms with Crippen LogP contribution in [0.1, 0.15) is 41.6 Å². The summed E-state index contributed by atoms with van der Waals surface area (Å²) in [5.41, 5.74) is 1.26. The number of hydrogen-bond donors (Lipinski definition) is 2. The van der Waals surface area contributed by atoms with Crippen LogP contribution >= 0.6 is 0 Å². The van der Waals surface area contributed by atoms with Gasteiger partial charge in [0.15, 0.2) is 0 Å². The number of rotatable bonds is 3. The van der Waals surface area contributed by atoms with E-state index in [2.05, 4.69) is 4.90 Å². The summed E-state index contributed by atoms with van der Waals surface area (Å²) in [5, 5.41) is 19.2. The number of piperidine rings is 2. The molecule has 1 amide bonds. The van der Waals surface area contributed by atoms with Gasteiger partial charge in [-0.3, -0.25) is 9.69 Å². The number of phenols is 1. The molecule has 132 valence electrons. The number of aliphatic hydroxyl groups excluding tert-OH is 1. The summed E-state index contributed by atoms with van der Waals surface area (Å²) in [6.45, 7) is 5.70. The molecule has 1 aromatic carbocycles. The van der Waals surface area contributed by atoms with Crippen molar-refractivity contribution in [2.75, 3.05) is 32.8 Å². The van der Waals surface area contributed by atoms with Crippen LogP contribution in [0.4, 0.5) is 0 Å². The summed E-state index contributed by atoms with van der Waals surface area (Å²) in [6, 6.07) is 5.66. The Bertz CT molecular complexity index is 582. The van der Waals surface area contributed by atoms with Crippen LogP contribution in [0, 0.1) is 12.8 Å². The number of phenolic OH excluding ortho intramolecular Hbond substituents is 1. The number of amides is 1. The summed E-state index contributed by atoms with van der Waals surface area (Å²) in [7, 11) is 0. The summed E-state index contributed by atoms with van der Waals surface area (Å²) in [5.74, 6) is 0.612. The van der Waals surface area contributed by atoms with Gasteiger partial charge in [0.25, 0.3) is 5.91 Å². The Hall–Kier alpha value is -1.59. The zero-order chi connectivity index (χ0) is 17.1. The van der Waals surface area contributed by atoms with Gasteiger partial charge in [-0.1, -0.05) is 6.07 Å². The van der Waals surface area contributed by atoms with Crippen LogP contribution in [0.5, 0.6) is 5.75 Å². The average Bonchev–Trinajstić information content (AvgIpc) is 2.63. The number of carbonyl (C=O) groups excluding carboxylic acids is 1. The minimum Gasteiger partial charge on any atom is -0.508 e. The molecular weight excluding hydrogens is 304 g/mol. The van der Waals surface area contributed by atoms with Crippen LogP contribution in [-0.2, 0) is 0 Å². The fraction of sp³-hybridized carbons (Fsp3) is 0.632. The summed E-state index contributed by atoms with van der Waals surface area (Å²) >= 11 is 0. The van der Waals surface area contributed by atoms with Crippen molar-refractivity contribution in [2.45, 2.75) is 38.6 Å². The van der Waals surface area contributed by atoms with Gasteiger partial charge in [-0.2, -0.15) is 0 Å². The maximum atomic E-state index is 12.7. The van der Waals surface area contributed by atoms with E-state index in [4.69, 9.17) is 0 Å². The van der Waals surface area contributed by atoms with Gasteiger partial charge in [-0.25, -0.2) is 0 Å². The summed E-state index contributed by atoms with van der Waals surface area (Å²) < 4.78 is 0. The third-order valence-corrected chi connectivity index (χ3v) is 5.61. The molecule has 5 nitrogen and oxygen atoms in total. The van der Waals surface area contributed by atoms with E-state index in [9.17, 15) is 15.0 Å². The molecule has 2 saturated heterocycles. The molecule has 2 N–H and O–H groups in total. The Morgan fingerprint density at radius 2 is 1.96 bits per heavy atom. The molecule has 2 aliphatic rings. The lowest BCUT2D eigenvalue weighted by atomic mass is 9.94. The van der Waals surface area contributed by atoms with Crippen LogP contribution in [0.3, 0.4) is 0 Å². The third kappa shape index (κ3) is 3.57. The van der Waals surface area contributed by atoms with Crippen LogP contribution in [0.25, 0.3) is 0 Å². The van der Waals surface area contributed by atoms with Gasteiger partial charge in [-0.15, -0.1) is 0 Å². The molecule has 1 unspecified atom stereocenters. The first-order valence-electron chi connectivity index (χ1n) is 9.03. The first-order valence-corrected chi connectivity index (χ1v) is 9.03. The molecule has 1 atom stereocenters. The smallest absolute Gasteiger partial charge is 0.254 e. The number of aliphatic hydroxyl groups is 1. The van der Waals surface area contributed by atoms with Crippen molar-refractivity contribution in [3.8, 4) is 5.75 Å². The first-order chi connectivity index (χ1) is 11.6. The molecule has 5 heteroatoms. The Morgan fingerprint density at radius 3 is 2.67 bits per heavy atom. The average molecular weight is 332 g/mol. The second kappa shape index (κ2) is 7.53. The predicted molar refractivity (Wildman–Crippen MR) is 93.2 cm³/mol. The largest absolute Gasteiger partial charge is 0.508 e. The number of hydrogen-bond acceptors (Lipinski definition) is 4. The zero-order valence-electron chi connectivity index (χ0n) is 14.4. The van der Waals surface area contributed by atoms with Crippen LogP contribution in [0.15, 0.2) is 18.2 Å². The van der Waals surface area contributed by atoms with Crippen molar-refractivity contribution in [1.29, 1.82) is 0 Å².